The van der Waals surface area contributed by atoms with E-state index >= 15 is 0 Å². The van der Waals surface area contributed by atoms with Crippen molar-refractivity contribution in [2.24, 2.45) is 0 Å². The van der Waals surface area contributed by atoms with Crippen molar-refractivity contribution < 1.29 is 9.84 Å². The molecule has 1 rings (SSSR count). The monoisotopic (exact) mass is 178 g/mol. The van der Waals surface area contributed by atoms with Crippen molar-refractivity contribution in [1.29, 1.82) is 0 Å². The topological polar surface area (TPSA) is 29.5 Å². The minimum absolute atomic E-state index is 0.241. The van der Waals surface area contributed by atoms with Gasteiger partial charge < -0.3 is 9.84 Å². The molecule has 0 radical (unpaired) electrons. The lowest BCUT2D eigenvalue weighted by molar-refractivity contribution is 0.288. The van der Waals surface area contributed by atoms with Gasteiger partial charge in [-0.1, -0.05) is 18.7 Å². The molecule has 0 bridgehead atoms. The van der Waals surface area contributed by atoms with Gasteiger partial charge in [-0.3, -0.25) is 0 Å². The number of rotatable bonds is 5. The Morgan fingerprint density at radius 3 is 2.54 bits per heavy atom. The van der Waals surface area contributed by atoms with Crippen LogP contribution in [-0.4, -0.2) is 11.7 Å². The van der Waals surface area contributed by atoms with Crippen LogP contribution in [0.3, 0.4) is 0 Å². The van der Waals surface area contributed by atoms with Crippen molar-refractivity contribution in [1.82, 2.24) is 0 Å². The first kappa shape index (κ1) is 9.81. The van der Waals surface area contributed by atoms with Crippen LogP contribution in [0.4, 0.5) is 0 Å². The van der Waals surface area contributed by atoms with E-state index < -0.39 is 0 Å². The third-order valence-electron chi connectivity index (χ3n) is 1.77. The summed E-state index contributed by atoms with van der Waals surface area (Å²) in [6, 6.07) is 7.78. The highest BCUT2D eigenvalue weighted by molar-refractivity contribution is 5.27. The molecule has 0 saturated carbocycles. The number of hydrogen-bond acceptors (Lipinski definition) is 2. The number of aliphatic hydroxyl groups is 1. The van der Waals surface area contributed by atoms with Gasteiger partial charge in [-0.2, -0.15) is 0 Å². The van der Waals surface area contributed by atoms with Crippen molar-refractivity contribution in [3.8, 4) is 5.75 Å². The first-order chi connectivity index (χ1) is 6.36. The lowest BCUT2D eigenvalue weighted by Crippen LogP contribution is -1.89. The van der Waals surface area contributed by atoms with Gasteiger partial charge in [-0.05, 0) is 30.5 Å². The second-order valence-electron chi connectivity index (χ2n) is 2.76. The largest absolute Gasteiger partial charge is 0.466 e. The molecule has 13 heavy (non-hydrogen) atoms. The van der Waals surface area contributed by atoms with E-state index in [1.165, 1.54) is 11.8 Å². The zero-order valence-electron chi connectivity index (χ0n) is 7.57. The molecule has 0 spiro atoms. The quantitative estimate of drug-likeness (QED) is 0.700. The van der Waals surface area contributed by atoms with Gasteiger partial charge in [0.15, 0.2) is 0 Å². The molecular formula is C11H14O2. The Kier molecular flexibility index (Phi) is 4.06. The Bertz CT molecular complexity index is 251. The fourth-order valence-corrected chi connectivity index (χ4v) is 1.11. The van der Waals surface area contributed by atoms with Gasteiger partial charge in [0.1, 0.15) is 5.75 Å². The normalized spacial score (nSPS) is 9.62. The van der Waals surface area contributed by atoms with E-state index in [1.54, 1.807) is 0 Å². The van der Waals surface area contributed by atoms with Crippen LogP contribution in [0.2, 0.25) is 0 Å². The van der Waals surface area contributed by atoms with Crippen LogP contribution in [-0.2, 0) is 6.42 Å². The second-order valence-corrected chi connectivity index (χ2v) is 2.76. The molecule has 0 aliphatic heterocycles. The van der Waals surface area contributed by atoms with E-state index in [2.05, 4.69) is 6.58 Å². The summed E-state index contributed by atoms with van der Waals surface area (Å²) in [4.78, 5) is 0. The number of aryl methyl sites for hydroxylation is 1. The molecule has 0 atom stereocenters. The maximum atomic E-state index is 8.63. The predicted molar refractivity (Wildman–Crippen MR) is 52.7 cm³/mol. The molecule has 2 nitrogen and oxygen atoms in total. The molecule has 1 N–H and O–H groups in total. The lowest BCUT2D eigenvalue weighted by Gasteiger charge is -2.01. The lowest BCUT2D eigenvalue weighted by atomic mass is 10.1. The Hall–Kier alpha value is -1.28. The molecule has 0 aromatic heterocycles. The van der Waals surface area contributed by atoms with Crippen LogP contribution in [0, 0.1) is 0 Å². The molecule has 0 unspecified atom stereocenters. The summed E-state index contributed by atoms with van der Waals surface area (Å²) in [5.74, 6) is 0.794. The average Bonchev–Trinajstić information content (AvgIpc) is 2.17. The van der Waals surface area contributed by atoms with Gasteiger partial charge in [-0.15, -0.1) is 0 Å². The molecule has 0 amide bonds. The van der Waals surface area contributed by atoms with Gasteiger partial charge in [0.2, 0.25) is 0 Å². The fourth-order valence-electron chi connectivity index (χ4n) is 1.11. The van der Waals surface area contributed by atoms with Crippen LogP contribution < -0.4 is 4.74 Å². The molecule has 0 saturated heterocycles. The van der Waals surface area contributed by atoms with Gasteiger partial charge in [-0.25, -0.2) is 0 Å². The van der Waals surface area contributed by atoms with Crippen LogP contribution in [0.15, 0.2) is 37.1 Å². The van der Waals surface area contributed by atoms with E-state index in [0.717, 1.165) is 18.6 Å². The van der Waals surface area contributed by atoms with Crippen LogP contribution in [0.25, 0.3) is 0 Å². The van der Waals surface area contributed by atoms with E-state index in [9.17, 15) is 0 Å². The summed E-state index contributed by atoms with van der Waals surface area (Å²) in [5, 5.41) is 8.63. The standard InChI is InChI=1S/C11H14O2/c1-2-13-11-7-5-10(6-8-11)4-3-9-12/h2,5-8,12H,1,3-4,9H2. The van der Waals surface area contributed by atoms with E-state index in [-0.39, 0.29) is 6.61 Å². The smallest absolute Gasteiger partial charge is 0.126 e. The number of benzene rings is 1. The third-order valence-corrected chi connectivity index (χ3v) is 1.77. The first-order valence-corrected chi connectivity index (χ1v) is 4.34. The molecule has 70 valence electrons. The summed E-state index contributed by atoms with van der Waals surface area (Å²) in [5.41, 5.74) is 1.21. The van der Waals surface area contributed by atoms with Crippen molar-refractivity contribution >= 4 is 0 Å². The maximum Gasteiger partial charge on any atom is 0.126 e. The zero-order chi connectivity index (χ0) is 9.52. The van der Waals surface area contributed by atoms with E-state index in [4.69, 9.17) is 9.84 Å². The number of ether oxygens (including phenoxy) is 1. The highest BCUT2D eigenvalue weighted by Gasteiger charge is 1.93. The summed E-state index contributed by atoms with van der Waals surface area (Å²) in [7, 11) is 0. The summed E-state index contributed by atoms with van der Waals surface area (Å²) in [6.07, 6.45) is 3.12. The molecule has 2 heteroatoms. The highest BCUT2D eigenvalue weighted by atomic mass is 16.5. The molecular weight excluding hydrogens is 164 g/mol. The van der Waals surface area contributed by atoms with Crippen molar-refractivity contribution in [2.45, 2.75) is 12.8 Å². The highest BCUT2D eigenvalue weighted by Crippen LogP contribution is 2.13. The van der Waals surface area contributed by atoms with Crippen molar-refractivity contribution in [2.75, 3.05) is 6.61 Å². The SMILES string of the molecule is C=COc1ccc(CCCO)cc1. The Labute approximate surface area is 78.5 Å². The van der Waals surface area contributed by atoms with Gasteiger partial charge in [0.05, 0.1) is 6.26 Å². The summed E-state index contributed by atoms with van der Waals surface area (Å²) >= 11 is 0. The molecule has 0 aliphatic rings. The average molecular weight is 178 g/mol. The fraction of sp³-hybridized carbons (Fsp3) is 0.273. The first-order valence-electron chi connectivity index (χ1n) is 4.34. The second kappa shape index (κ2) is 5.38. The minimum Gasteiger partial charge on any atom is -0.466 e. The van der Waals surface area contributed by atoms with Gasteiger partial charge in [0.25, 0.3) is 0 Å². The van der Waals surface area contributed by atoms with E-state index in [1.807, 2.05) is 24.3 Å². The zero-order valence-corrected chi connectivity index (χ0v) is 7.57. The minimum atomic E-state index is 0.241. The van der Waals surface area contributed by atoms with Crippen LogP contribution in [0.1, 0.15) is 12.0 Å². The van der Waals surface area contributed by atoms with Gasteiger partial charge in [0, 0.05) is 6.61 Å². The molecule has 1 aromatic rings. The summed E-state index contributed by atoms with van der Waals surface area (Å²) < 4.78 is 5.08. The predicted octanol–water partition coefficient (Wildman–Crippen LogP) is 2.13. The maximum absolute atomic E-state index is 8.63. The van der Waals surface area contributed by atoms with Gasteiger partial charge >= 0.3 is 0 Å². The van der Waals surface area contributed by atoms with Crippen molar-refractivity contribution in [3.63, 3.8) is 0 Å². The Morgan fingerprint density at radius 1 is 1.31 bits per heavy atom. The molecule has 0 fully saturated rings. The Morgan fingerprint density at radius 2 is 2.00 bits per heavy atom. The molecule has 0 aliphatic carbocycles. The van der Waals surface area contributed by atoms with E-state index in [0.29, 0.717) is 0 Å². The van der Waals surface area contributed by atoms with Crippen LogP contribution in [0.5, 0.6) is 5.75 Å². The number of hydrogen-bond donors (Lipinski definition) is 1. The van der Waals surface area contributed by atoms with Crippen LogP contribution >= 0.6 is 0 Å². The number of aliphatic hydroxyl groups excluding tert-OH is 1. The molecule has 1 aromatic carbocycles. The Balaban J connectivity index is 2.53. The molecule has 0 heterocycles. The summed E-state index contributed by atoms with van der Waals surface area (Å²) in [6.45, 7) is 3.71. The van der Waals surface area contributed by atoms with Crippen molar-refractivity contribution in [3.05, 3.63) is 42.7 Å². The third kappa shape index (κ3) is 3.30.